The fourth-order valence-electron chi connectivity index (χ4n) is 1.15. The van der Waals surface area contributed by atoms with Crippen molar-refractivity contribution >= 4 is 43.6 Å². The van der Waals surface area contributed by atoms with Gasteiger partial charge in [0.05, 0.1) is 18.5 Å². The third-order valence-corrected chi connectivity index (χ3v) is 4.18. The normalized spacial score (nSPS) is 13.8. The summed E-state index contributed by atoms with van der Waals surface area (Å²) >= 11 is 3.63. The van der Waals surface area contributed by atoms with E-state index in [4.69, 9.17) is 0 Å². The van der Waals surface area contributed by atoms with Crippen LogP contribution in [0.2, 0.25) is 0 Å². The van der Waals surface area contributed by atoms with E-state index in [1.807, 2.05) is 6.07 Å². The number of ether oxygens (including phenoxy) is 1. The summed E-state index contributed by atoms with van der Waals surface area (Å²) in [4.78, 5) is 17.2. The van der Waals surface area contributed by atoms with Crippen LogP contribution in [0.3, 0.4) is 0 Å². The molecule has 0 saturated heterocycles. The second kappa shape index (κ2) is 3.38. The number of fused-ring (bicyclic) bond motifs is 1. The van der Waals surface area contributed by atoms with Gasteiger partial charge in [0, 0.05) is 0 Å². The molecule has 68 valence electrons. The number of rotatable bonds is 1. The van der Waals surface area contributed by atoms with Gasteiger partial charge in [-0.05, 0) is 34.2 Å². The molecule has 0 amide bonds. The second-order valence-corrected chi connectivity index (χ2v) is 4.64. The highest BCUT2D eigenvalue weighted by Gasteiger charge is 2.20. The maximum absolute atomic E-state index is 11.2. The quantitative estimate of drug-likeness (QED) is 0.589. The SMILES string of the molecule is COC(=O)c1cc2c(s1)C(I)=NC2. The third kappa shape index (κ3) is 1.50. The second-order valence-electron chi connectivity index (χ2n) is 2.56. The molecule has 1 aromatic heterocycles. The molecule has 1 aromatic rings. The maximum Gasteiger partial charge on any atom is 0.348 e. The van der Waals surface area contributed by atoms with Crippen LogP contribution in [0, 0.1) is 0 Å². The van der Waals surface area contributed by atoms with Gasteiger partial charge in [-0.1, -0.05) is 0 Å². The Bertz CT molecular complexity index is 397. The minimum absolute atomic E-state index is 0.261. The van der Waals surface area contributed by atoms with Crippen molar-refractivity contribution < 1.29 is 9.53 Å². The van der Waals surface area contributed by atoms with Gasteiger partial charge in [-0.3, -0.25) is 4.99 Å². The number of methoxy groups -OCH3 is 1. The molecule has 0 aromatic carbocycles. The molecule has 1 aliphatic rings. The van der Waals surface area contributed by atoms with Gasteiger partial charge in [0.15, 0.2) is 0 Å². The molecule has 2 rings (SSSR count). The van der Waals surface area contributed by atoms with E-state index in [0.717, 1.165) is 14.2 Å². The number of esters is 1. The van der Waals surface area contributed by atoms with Crippen LogP contribution in [0.5, 0.6) is 0 Å². The molecule has 0 radical (unpaired) electrons. The maximum atomic E-state index is 11.2. The summed E-state index contributed by atoms with van der Waals surface area (Å²) in [5.41, 5.74) is 1.13. The molecule has 1 aliphatic heterocycles. The molecule has 0 unspecified atom stereocenters. The van der Waals surface area contributed by atoms with E-state index in [0.29, 0.717) is 11.4 Å². The summed E-state index contributed by atoms with van der Waals surface area (Å²) < 4.78 is 5.63. The lowest BCUT2D eigenvalue weighted by Crippen LogP contribution is -1.97. The highest BCUT2D eigenvalue weighted by molar-refractivity contribution is 14.1. The molecular weight excluding hydrogens is 301 g/mol. The smallest absolute Gasteiger partial charge is 0.348 e. The molecule has 2 heterocycles. The first-order chi connectivity index (χ1) is 6.22. The summed E-state index contributed by atoms with van der Waals surface area (Å²) in [7, 11) is 1.40. The molecule has 3 nitrogen and oxygen atoms in total. The Morgan fingerprint density at radius 2 is 2.54 bits per heavy atom. The first kappa shape index (κ1) is 9.14. The molecule has 0 fully saturated rings. The van der Waals surface area contributed by atoms with E-state index in [-0.39, 0.29) is 5.97 Å². The van der Waals surface area contributed by atoms with Gasteiger partial charge in [-0.15, -0.1) is 11.3 Å². The van der Waals surface area contributed by atoms with Crippen LogP contribution in [0.1, 0.15) is 20.1 Å². The number of thiophene rings is 1. The molecule has 0 bridgehead atoms. The van der Waals surface area contributed by atoms with Crippen molar-refractivity contribution in [3.05, 3.63) is 21.4 Å². The highest BCUT2D eigenvalue weighted by Crippen LogP contribution is 2.31. The van der Waals surface area contributed by atoms with E-state index in [1.165, 1.54) is 18.4 Å². The van der Waals surface area contributed by atoms with Gasteiger partial charge in [0.25, 0.3) is 0 Å². The highest BCUT2D eigenvalue weighted by atomic mass is 127. The zero-order chi connectivity index (χ0) is 9.42. The van der Waals surface area contributed by atoms with Crippen LogP contribution in [0.15, 0.2) is 11.1 Å². The minimum atomic E-state index is -0.261. The molecule has 13 heavy (non-hydrogen) atoms. The van der Waals surface area contributed by atoms with Crippen LogP contribution in [-0.4, -0.2) is 16.8 Å². The van der Waals surface area contributed by atoms with E-state index < -0.39 is 0 Å². The van der Waals surface area contributed by atoms with Crippen molar-refractivity contribution in [3.63, 3.8) is 0 Å². The van der Waals surface area contributed by atoms with Crippen molar-refractivity contribution in [3.8, 4) is 0 Å². The van der Waals surface area contributed by atoms with Gasteiger partial charge in [0.2, 0.25) is 0 Å². The lowest BCUT2D eigenvalue weighted by molar-refractivity contribution is 0.0606. The van der Waals surface area contributed by atoms with Gasteiger partial charge >= 0.3 is 5.97 Å². The molecular formula is C8H6INO2S. The number of hydrogen-bond acceptors (Lipinski definition) is 4. The van der Waals surface area contributed by atoms with Crippen molar-refractivity contribution in [1.82, 2.24) is 0 Å². The average Bonchev–Trinajstić information content (AvgIpc) is 2.67. The van der Waals surface area contributed by atoms with E-state index in [2.05, 4.69) is 32.3 Å². The number of carbonyl (C=O) groups excluding carboxylic acids is 1. The standard InChI is InChI=1S/C8H6INO2S/c1-12-8(11)5-2-4-3-10-7(9)6(4)13-5/h2H,3H2,1H3. The third-order valence-electron chi connectivity index (χ3n) is 1.77. The van der Waals surface area contributed by atoms with E-state index in [1.54, 1.807) is 0 Å². The lowest BCUT2D eigenvalue weighted by Gasteiger charge is -1.92. The first-order valence-electron chi connectivity index (χ1n) is 3.63. The number of halogens is 1. The predicted octanol–water partition coefficient (Wildman–Crippen LogP) is 2.23. The largest absolute Gasteiger partial charge is 0.465 e. The topological polar surface area (TPSA) is 38.7 Å². The Hall–Kier alpha value is -0.430. The molecule has 0 saturated carbocycles. The summed E-state index contributed by atoms with van der Waals surface area (Å²) in [5.74, 6) is -0.261. The molecule has 5 heteroatoms. The Balaban J connectivity index is 2.39. The Morgan fingerprint density at radius 3 is 3.15 bits per heavy atom. The van der Waals surface area contributed by atoms with Crippen LogP contribution in [0.4, 0.5) is 0 Å². The monoisotopic (exact) mass is 307 g/mol. The Kier molecular flexibility index (Phi) is 2.37. The van der Waals surface area contributed by atoms with Gasteiger partial charge in [0.1, 0.15) is 8.60 Å². The summed E-state index contributed by atoms with van der Waals surface area (Å²) in [6, 6.07) is 1.86. The number of nitrogens with zero attached hydrogens (tertiary/aromatic N) is 1. The van der Waals surface area contributed by atoms with Crippen molar-refractivity contribution in [2.24, 2.45) is 4.99 Å². The summed E-state index contributed by atoms with van der Waals surface area (Å²) in [6.07, 6.45) is 0. The van der Waals surface area contributed by atoms with Gasteiger partial charge < -0.3 is 4.74 Å². The summed E-state index contributed by atoms with van der Waals surface area (Å²) in [6.45, 7) is 0.696. The van der Waals surface area contributed by atoms with Crippen molar-refractivity contribution in [2.75, 3.05) is 7.11 Å². The molecule has 0 N–H and O–H groups in total. The van der Waals surface area contributed by atoms with Crippen LogP contribution >= 0.6 is 33.9 Å². The molecule has 0 aliphatic carbocycles. The number of hydrogen-bond donors (Lipinski definition) is 0. The number of carbonyl (C=O) groups is 1. The summed E-state index contributed by atoms with van der Waals surface area (Å²) in [5, 5.41) is 0. The minimum Gasteiger partial charge on any atom is -0.465 e. The fourth-order valence-corrected chi connectivity index (χ4v) is 2.99. The zero-order valence-corrected chi connectivity index (χ0v) is 9.81. The van der Waals surface area contributed by atoms with Crippen LogP contribution in [0.25, 0.3) is 0 Å². The van der Waals surface area contributed by atoms with E-state index >= 15 is 0 Å². The van der Waals surface area contributed by atoms with Crippen LogP contribution in [-0.2, 0) is 11.3 Å². The molecule has 0 spiro atoms. The molecule has 0 atom stereocenters. The Morgan fingerprint density at radius 1 is 1.77 bits per heavy atom. The first-order valence-corrected chi connectivity index (χ1v) is 5.53. The van der Waals surface area contributed by atoms with Crippen molar-refractivity contribution in [2.45, 2.75) is 6.54 Å². The van der Waals surface area contributed by atoms with E-state index in [9.17, 15) is 4.79 Å². The average molecular weight is 307 g/mol. The predicted molar refractivity (Wildman–Crippen MR) is 59.9 cm³/mol. The van der Waals surface area contributed by atoms with Gasteiger partial charge in [-0.25, -0.2) is 4.79 Å². The fraction of sp³-hybridized carbons (Fsp3) is 0.250. The lowest BCUT2D eigenvalue weighted by atomic mass is 10.3. The van der Waals surface area contributed by atoms with Gasteiger partial charge in [-0.2, -0.15) is 0 Å². The zero-order valence-electron chi connectivity index (χ0n) is 6.83. The van der Waals surface area contributed by atoms with Crippen LogP contribution < -0.4 is 0 Å². The van der Waals surface area contributed by atoms with Crippen molar-refractivity contribution in [1.29, 1.82) is 0 Å². The Labute approximate surface area is 93.0 Å². The number of aliphatic imine (C=N–C) groups is 1.